The van der Waals surface area contributed by atoms with Crippen LogP contribution in [0.25, 0.3) is 10.8 Å². The summed E-state index contributed by atoms with van der Waals surface area (Å²) in [6, 6.07) is 16.6. The number of nitriles is 1. The van der Waals surface area contributed by atoms with Gasteiger partial charge in [-0.3, -0.25) is 0 Å². The number of piperazine rings is 1. The van der Waals surface area contributed by atoms with Gasteiger partial charge in [0.1, 0.15) is 5.82 Å². The largest absolute Gasteiger partial charge is 0.465 e. The van der Waals surface area contributed by atoms with Gasteiger partial charge in [-0.15, -0.1) is 0 Å². The van der Waals surface area contributed by atoms with Crippen LogP contribution in [0.15, 0.2) is 42.5 Å². The number of aromatic nitrogens is 2. The Bertz CT molecular complexity index is 1250. The second-order valence-electron chi connectivity index (χ2n) is 8.69. The molecule has 2 aromatic carbocycles. The molecule has 1 aliphatic carbocycles. The summed E-state index contributed by atoms with van der Waals surface area (Å²) < 4.78 is 0. The summed E-state index contributed by atoms with van der Waals surface area (Å²) in [5.41, 5.74) is 3.39. The Hall–Kier alpha value is -3.37. The molecule has 2 unspecified atom stereocenters. The van der Waals surface area contributed by atoms with Crippen molar-refractivity contribution in [2.45, 2.75) is 37.6 Å². The highest BCUT2D eigenvalue weighted by Gasteiger charge is 2.34. The van der Waals surface area contributed by atoms with Crippen molar-refractivity contribution in [2.75, 3.05) is 24.5 Å². The van der Waals surface area contributed by atoms with Gasteiger partial charge in [0.2, 0.25) is 5.28 Å². The molecule has 168 valence electrons. The molecule has 1 saturated heterocycles. The minimum atomic E-state index is -0.990. The van der Waals surface area contributed by atoms with Crippen molar-refractivity contribution in [1.82, 2.24) is 14.9 Å². The van der Waals surface area contributed by atoms with Crippen molar-refractivity contribution in [3.8, 4) is 6.07 Å². The number of amides is 1. The first-order chi connectivity index (χ1) is 16.0. The molecule has 33 heavy (non-hydrogen) atoms. The van der Waals surface area contributed by atoms with E-state index in [-0.39, 0.29) is 11.7 Å². The van der Waals surface area contributed by atoms with Crippen LogP contribution in [-0.4, -0.2) is 51.7 Å². The number of hydrogen-bond donors (Lipinski definition) is 1. The van der Waals surface area contributed by atoms with Gasteiger partial charge in [-0.2, -0.15) is 5.26 Å². The minimum Gasteiger partial charge on any atom is -0.465 e. The minimum absolute atomic E-state index is 0.146. The first-order valence-corrected chi connectivity index (χ1v) is 11.6. The highest BCUT2D eigenvalue weighted by Crippen LogP contribution is 2.39. The van der Waals surface area contributed by atoms with Crippen LogP contribution >= 0.6 is 11.6 Å². The summed E-state index contributed by atoms with van der Waals surface area (Å²) in [6.45, 7) is 1.27. The average Bonchev–Trinajstić information content (AvgIpc) is 2.82. The van der Waals surface area contributed by atoms with Crippen molar-refractivity contribution >= 4 is 34.3 Å². The van der Waals surface area contributed by atoms with Crippen LogP contribution in [-0.2, 0) is 12.8 Å². The number of carboxylic acid groups (broad SMARTS) is 1. The van der Waals surface area contributed by atoms with Crippen LogP contribution < -0.4 is 4.90 Å². The monoisotopic (exact) mass is 461 g/mol. The Morgan fingerprint density at radius 1 is 1.18 bits per heavy atom. The van der Waals surface area contributed by atoms with Crippen LogP contribution in [0.3, 0.4) is 0 Å². The highest BCUT2D eigenvalue weighted by atomic mass is 35.5. The van der Waals surface area contributed by atoms with Crippen LogP contribution in [0.1, 0.15) is 35.6 Å². The molecule has 0 bridgehead atoms. The van der Waals surface area contributed by atoms with Crippen molar-refractivity contribution in [3.05, 3.63) is 64.6 Å². The Morgan fingerprint density at radius 3 is 2.82 bits per heavy atom. The molecule has 7 nitrogen and oxygen atoms in total. The first kappa shape index (κ1) is 21.5. The van der Waals surface area contributed by atoms with Gasteiger partial charge < -0.3 is 14.9 Å². The van der Waals surface area contributed by atoms with Gasteiger partial charge in [0, 0.05) is 25.2 Å². The zero-order valence-corrected chi connectivity index (χ0v) is 18.9. The van der Waals surface area contributed by atoms with Crippen LogP contribution in [0.4, 0.5) is 10.6 Å². The smallest absolute Gasteiger partial charge is 0.407 e. The van der Waals surface area contributed by atoms with Gasteiger partial charge in [0.05, 0.1) is 24.2 Å². The SMILES string of the molecule is N#CCC1CN(c2nc(Cl)nc3c2CCC(c2cccc4ccccc24)C3)CCN1C(=O)O. The number of benzene rings is 2. The summed E-state index contributed by atoms with van der Waals surface area (Å²) in [5.74, 6) is 1.13. The van der Waals surface area contributed by atoms with E-state index < -0.39 is 12.1 Å². The van der Waals surface area contributed by atoms with Crippen LogP contribution in [0, 0.1) is 11.3 Å². The maximum absolute atomic E-state index is 11.6. The second-order valence-corrected chi connectivity index (χ2v) is 9.03. The molecule has 1 fully saturated rings. The second kappa shape index (κ2) is 8.87. The zero-order valence-electron chi connectivity index (χ0n) is 18.1. The third-order valence-corrected chi connectivity index (χ3v) is 7.01. The standard InChI is InChI=1S/C25H24ClN5O2/c26-24-28-22-14-17(20-7-3-5-16-4-1-2-6-19(16)20)8-9-21(22)23(29-24)30-12-13-31(25(32)33)18(15-30)10-11-27/h1-7,17-18H,8-10,12-15H2,(H,32,33). The topological polar surface area (TPSA) is 93.4 Å². The van der Waals surface area contributed by atoms with E-state index in [4.69, 9.17) is 11.6 Å². The van der Waals surface area contributed by atoms with E-state index in [9.17, 15) is 15.2 Å². The number of carbonyl (C=O) groups is 1. The maximum atomic E-state index is 11.6. The summed E-state index contributed by atoms with van der Waals surface area (Å²) in [6.07, 6.45) is 1.76. The van der Waals surface area contributed by atoms with Gasteiger partial charge in [-0.1, -0.05) is 42.5 Å². The molecule has 0 saturated carbocycles. The van der Waals surface area contributed by atoms with E-state index in [0.29, 0.717) is 25.6 Å². The molecule has 8 heteroatoms. The average molecular weight is 462 g/mol. The molecule has 1 aliphatic heterocycles. The number of hydrogen-bond acceptors (Lipinski definition) is 5. The number of anilines is 1. The first-order valence-electron chi connectivity index (χ1n) is 11.2. The predicted octanol–water partition coefficient (Wildman–Crippen LogP) is 4.64. The molecule has 5 rings (SSSR count). The van der Waals surface area contributed by atoms with Gasteiger partial charge in [0.25, 0.3) is 0 Å². The number of halogens is 1. The lowest BCUT2D eigenvalue weighted by molar-refractivity contribution is 0.119. The van der Waals surface area contributed by atoms with E-state index in [1.165, 1.54) is 21.2 Å². The van der Waals surface area contributed by atoms with E-state index in [0.717, 1.165) is 36.3 Å². The Kier molecular flexibility index (Phi) is 5.77. The van der Waals surface area contributed by atoms with Crippen LogP contribution in [0.5, 0.6) is 0 Å². The number of fused-ring (bicyclic) bond motifs is 2. The molecular formula is C25H24ClN5O2. The van der Waals surface area contributed by atoms with E-state index >= 15 is 0 Å². The molecule has 2 aliphatic rings. The summed E-state index contributed by atoms with van der Waals surface area (Å²) >= 11 is 6.36. The Morgan fingerprint density at radius 2 is 2.00 bits per heavy atom. The molecule has 2 atom stereocenters. The number of rotatable bonds is 3. The lowest BCUT2D eigenvalue weighted by Gasteiger charge is -2.40. The van der Waals surface area contributed by atoms with Crippen molar-refractivity contribution < 1.29 is 9.90 Å². The van der Waals surface area contributed by atoms with Crippen molar-refractivity contribution in [1.29, 1.82) is 5.26 Å². The van der Waals surface area contributed by atoms with E-state index in [1.54, 1.807) is 0 Å². The summed E-state index contributed by atoms with van der Waals surface area (Å²) in [7, 11) is 0. The molecule has 0 radical (unpaired) electrons. The predicted molar refractivity (Wildman–Crippen MR) is 127 cm³/mol. The summed E-state index contributed by atoms with van der Waals surface area (Å²) in [5, 5.41) is 21.4. The molecule has 1 amide bonds. The molecule has 0 spiro atoms. The van der Waals surface area contributed by atoms with Crippen molar-refractivity contribution in [2.24, 2.45) is 0 Å². The Labute approximate surface area is 197 Å². The quantitative estimate of drug-likeness (QED) is 0.571. The lowest BCUT2D eigenvalue weighted by atomic mass is 9.80. The van der Waals surface area contributed by atoms with E-state index in [1.807, 2.05) is 0 Å². The highest BCUT2D eigenvalue weighted by molar-refractivity contribution is 6.28. The van der Waals surface area contributed by atoms with Crippen molar-refractivity contribution in [3.63, 3.8) is 0 Å². The number of nitrogens with zero attached hydrogens (tertiary/aromatic N) is 5. The molecule has 2 heterocycles. The molecule has 3 aromatic rings. The van der Waals surface area contributed by atoms with E-state index in [2.05, 4.69) is 63.4 Å². The van der Waals surface area contributed by atoms with Gasteiger partial charge in [0.15, 0.2) is 0 Å². The fourth-order valence-corrected chi connectivity index (χ4v) is 5.46. The third kappa shape index (κ3) is 4.07. The Balaban J connectivity index is 1.45. The fourth-order valence-electron chi connectivity index (χ4n) is 5.28. The lowest BCUT2D eigenvalue weighted by Crippen LogP contribution is -2.55. The maximum Gasteiger partial charge on any atom is 0.407 e. The molecule has 1 aromatic heterocycles. The van der Waals surface area contributed by atoms with Crippen LogP contribution in [0.2, 0.25) is 5.28 Å². The third-order valence-electron chi connectivity index (χ3n) is 6.84. The van der Waals surface area contributed by atoms with Gasteiger partial charge in [-0.05, 0) is 53.1 Å². The molecule has 1 N–H and O–H groups in total. The fraction of sp³-hybridized carbons (Fsp3) is 0.360. The molecular weight excluding hydrogens is 438 g/mol. The normalized spacial score (nSPS) is 20.4. The van der Waals surface area contributed by atoms with Gasteiger partial charge in [-0.25, -0.2) is 14.8 Å². The zero-order chi connectivity index (χ0) is 22.9. The summed E-state index contributed by atoms with van der Waals surface area (Å²) in [4.78, 5) is 24.2. The van der Waals surface area contributed by atoms with Gasteiger partial charge >= 0.3 is 6.09 Å².